The van der Waals surface area contributed by atoms with Crippen molar-refractivity contribution in [3.63, 3.8) is 0 Å². The molecule has 3 rings (SSSR count). The highest BCUT2D eigenvalue weighted by Crippen LogP contribution is 2.29. The second-order valence-corrected chi connectivity index (χ2v) is 7.15. The van der Waals surface area contributed by atoms with Gasteiger partial charge in [0.2, 0.25) is 0 Å². The lowest BCUT2D eigenvalue weighted by molar-refractivity contribution is -0.385. The van der Waals surface area contributed by atoms with Crippen LogP contribution in [-0.2, 0) is 4.79 Å². The molecule has 3 aromatic carbocycles. The van der Waals surface area contributed by atoms with E-state index in [0.717, 1.165) is 6.07 Å². The van der Waals surface area contributed by atoms with Crippen LogP contribution >= 0.6 is 11.6 Å². The van der Waals surface area contributed by atoms with E-state index < -0.39 is 28.3 Å². The van der Waals surface area contributed by atoms with Crippen LogP contribution < -0.4 is 14.9 Å². The van der Waals surface area contributed by atoms with Crippen LogP contribution in [0.2, 0.25) is 5.02 Å². The molecule has 1 N–H and O–H groups in total. The van der Waals surface area contributed by atoms with Crippen molar-refractivity contribution < 1.29 is 28.9 Å². The first-order chi connectivity index (χ1) is 16.7. The van der Waals surface area contributed by atoms with Gasteiger partial charge in [0.1, 0.15) is 5.75 Å². The number of benzene rings is 3. The van der Waals surface area contributed by atoms with Crippen LogP contribution in [0.15, 0.2) is 71.8 Å². The van der Waals surface area contributed by atoms with E-state index in [1.54, 1.807) is 12.1 Å². The predicted molar refractivity (Wildman–Crippen MR) is 124 cm³/mol. The summed E-state index contributed by atoms with van der Waals surface area (Å²) in [5, 5.41) is 25.7. The fourth-order valence-corrected chi connectivity index (χ4v) is 2.82. The Hall–Kier alpha value is -4.84. The Morgan fingerprint density at radius 3 is 2.43 bits per heavy atom. The molecule has 0 radical (unpaired) electrons. The zero-order valence-corrected chi connectivity index (χ0v) is 18.4. The first-order valence-electron chi connectivity index (χ1n) is 9.68. The molecule has 0 bridgehead atoms. The lowest BCUT2D eigenvalue weighted by atomic mass is 10.2. The van der Waals surface area contributed by atoms with Gasteiger partial charge in [0.15, 0.2) is 12.4 Å². The molecule has 1 amide bonds. The molecule has 0 saturated heterocycles. The molecule has 0 aliphatic heterocycles. The molecule has 0 atom stereocenters. The Morgan fingerprint density at radius 2 is 1.74 bits per heavy atom. The summed E-state index contributed by atoms with van der Waals surface area (Å²) in [7, 11) is 0. The molecular formula is C22H15ClN4O8. The molecule has 13 heteroatoms. The molecule has 0 unspecified atom stereocenters. The highest BCUT2D eigenvalue weighted by molar-refractivity contribution is 6.30. The summed E-state index contributed by atoms with van der Waals surface area (Å²) >= 11 is 5.73. The summed E-state index contributed by atoms with van der Waals surface area (Å²) in [4.78, 5) is 44.7. The molecule has 178 valence electrons. The van der Waals surface area contributed by atoms with Gasteiger partial charge in [-0.15, -0.1) is 0 Å². The summed E-state index contributed by atoms with van der Waals surface area (Å²) in [5.74, 6) is -1.33. The first kappa shape index (κ1) is 24.8. The lowest BCUT2D eigenvalue weighted by Gasteiger charge is -2.06. The van der Waals surface area contributed by atoms with E-state index in [0.29, 0.717) is 5.56 Å². The van der Waals surface area contributed by atoms with E-state index in [4.69, 9.17) is 21.1 Å². The minimum atomic E-state index is -0.712. The van der Waals surface area contributed by atoms with Crippen molar-refractivity contribution in [3.05, 3.63) is 103 Å². The van der Waals surface area contributed by atoms with Crippen LogP contribution in [-0.4, -0.2) is 34.5 Å². The van der Waals surface area contributed by atoms with Gasteiger partial charge >= 0.3 is 11.7 Å². The number of ether oxygens (including phenoxy) is 2. The maximum atomic E-state index is 12.2. The highest BCUT2D eigenvalue weighted by atomic mass is 35.5. The highest BCUT2D eigenvalue weighted by Gasteiger charge is 2.17. The van der Waals surface area contributed by atoms with Gasteiger partial charge in [-0.25, -0.2) is 10.2 Å². The third-order valence-electron chi connectivity index (χ3n) is 4.26. The van der Waals surface area contributed by atoms with Crippen molar-refractivity contribution in [2.75, 3.05) is 6.61 Å². The Bertz CT molecular complexity index is 1310. The second-order valence-electron chi connectivity index (χ2n) is 6.72. The van der Waals surface area contributed by atoms with Crippen LogP contribution in [0, 0.1) is 20.2 Å². The molecule has 3 aromatic rings. The molecule has 0 aliphatic carbocycles. The zero-order chi connectivity index (χ0) is 25.4. The minimum absolute atomic E-state index is 0.124. The van der Waals surface area contributed by atoms with Crippen molar-refractivity contribution in [3.8, 4) is 11.5 Å². The van der Waals surface area contributed by atoms with Gasteiger partial charge in [-0.1, -0.05) is 23.7 Å². The number of nitrogens with zero attached hydrogens (tertiary/aromatic N) is 3. The van der Waals surface area contributed by atoms with Crippen LogP contribution in [0.25, 0.3) is 0 Å². The number of carbonyl (C=O) groups is 2. The molecule has 0 aliphatic rings. The van der Waals surface area contributed by atoms with Gasteiger partial charge in [-0.05, 0) is 42.0 Å². The average molecular weight is 499 g/mol. The fraction of sp³-hybridized carbons (Fsp3) is 0.0455. The van der Waals surface area contributed by atoms with Gasteiger partial charge in [-0.2, -0.15) is 5.10 Å². The Balaban J connectivity index is 1.54. The topological polar surface area (TPSA) is 163 Å². The normalized spacial score (nSPS) is 10.5. The number of nitro groups is 2. The van der Waals surface area contributed by atoms with E-state index in [1.807, 2.05) is 0 Å². The number of carbonyl (C=O) groups excluding carboxylic acids is 2. The van der Waals surface area contributed by atoms with Crippen molar-refractivity contribution in [2.24, 2.45) is 5.10 Å². The molecule has 0 spiro atoms. The number of hydrogen-bond donors (Lipinski definition) is 1. The van der Waals surface area contributed by atoms with Gasteiger partial charge in [0.05, 0.1) is 21.6 Å². The van der Waals surface area contributed by atoms with Crippen molar-refractivity contribution in [1.29, 1.82) is 0 Å². The quantitative estimate of drug-likeness (QED) is 0.152. The molecular weight excluding hydrogens is 484 g/mol. The maximum Gasteiger partial charge on any atom is 0.343 e. The van der Waals surface area contributed by atoms with Crippen molar-refractivity contribution in [2.45, 2.75) is 0 Å². The first-order valence-corrected chi connectivity index (χ1v) is 10.1. The molecule has 0 heterocycles. The van der Waals surface area contributed by atoms with E-state index in [9.17, 15) is 29.8 Å². The number of non-ortho nitro benzene ring substituents is 1. The largest absolute Gasteiger partial charge is 0.477 e. The molecule has 0 saturated carbocycles. The number of rotatable bonds is 9. The van der Waals surface area contributed by atoms with Gasteiger partial charge in [0.25, 0.3) is 11.6 Å². The number of hydrogen-bond acceptors (Lipinski definition) is 9. The van der Waals surface area contributed by atoms with E-state index in [2.05, 4.69) is 10.5 Å². The number of nitro benzene ring substituents is 2. The molecule has 35 heavy (non-hydrogen) atoms. The number of halogens is 1. The molecule has 0 aromatic heterocycles. The average Bonchev–Trinajstić information content (AvgIpc) is 2.83. The van der Waals surface area contributed by atoms with Crippen LogP contribution in [0.5, 0.6) is 11.5 Å². The van der Waals surface area contributed by atoms with Gasteiger partial charge in [-0.3, -0.25) is 25.0 Å². The van der Waals surface area contributed by atoms with Crippen molar-refractivity contribution in [1.82, 2.24) is 5.43 Å². The van der Waals surface area contributed by atoms with Crippen LogP contribution in [0.3, 0.4) is 0 Å². The SMILES string of the molecule is O=C(COc1ccc(Cl)cc1[N+](=O)[O-])N/N=C\c1cccc(OC(=O)c2ccc([N+](=O)[O-])cc2)c1. The predicted octanol–water partition coefficient (Wildman–Crippen LogP) is 3.90. The molecule has 12 nitrogen and oxygen atoms in total. The molecule has 0 fully saturated rings. The second kappa shape index (κ2) is 11.3. The third-order valence-corrected chi connectivity index (χ3v) is 4.50. The number of esters is 1. The number of amides is 1. The van der Waals surface area contributed by atoms with Crippen LogP contribution in [0.4, 0.5) is 11.4 Å². The van der Waals surface area contributed by atoms with Gasteiger partial charge < -0.3 is 9.47 Å². The smallest absolute Gasteiger partial charge is 0.343 e. The van der Waals surface area contributed by atoms with E-state index in [-0.39, 0.29) is 33.5 Å². The summed E-state index contributed by atoms with van der Waals surface area (Å²) in [6.45, 7) is -0.535. The van der Waals surface area contributed by atoms with Gasteiger partial charge in [0, 0.05) is 23.2 Å². The van der Waals surface area contributed by atoms with E-state index >= 15 is 0 Å². The summed E-state index contributed by atoms with van der Waals surface area (Å²) < 4.78 is 10.4. The van der Waals surface area contributed by atoms with Crippen LogP contribution in [0.1, 0.15) is 15.9 Å². The van der Waals surface area contributed by atoms with Crippen molar-refractivity contribution >= 4 is 41.1 Å². The standard InChI is InChI=1S/C22H15ClN4O8/c23-16-6-9-20(19(11-16)27(32)33)34-13-21(28)25-24-12-14-2-1-3-18(10-14)35-22(29)15-4-7-17(8-5-15)26(30)31/h1-12H,13H2,(H,25,28)/b24-12-. The summed E-state index contributed by atoms with van der Waals surface area (Å²) in [6.07, 6.45) is 1.28. The minimum Gasteiger partial charge on any atom is -0.477 e. The van der Waals surface area contributed by atoms with E-state index in [1.165, 1.54) is 54.7 Å². The third kappa shape index (κ3) is 7.07. The number of hydrazone groups is 1. The summed E-state index contributed by atoms with van der Waals surface area (Å²) in [5.41, 5.74) is 2.28. The lowest BCUT2D eigenvalue weighted by Crippen LogP contribution is -2.24. The summed E-state index contributed by atoms with van der Waals surface area (Å²) in [6, 6.07) is 14.9. The Kier molecular flexibility index (Phi) is 8.03. The number of nitrogens with one attached hydrogen (secondary N) is 1. The fourth-order valence-electron chi connectivity index (χ4n) is 2.65. The Morgan fingerprint density at radius 1 is 1.00 bits per heavy atom. The zero-order valence-electron chi connectivity index (χ0n) is 17.6. The monoisotopic (exact) mass is 498 g/mol. The maximum absolute atomic E-state index is 12.2. The Labute approximate surface area is 202 Å².